The maximum absolute atomic E-state index is 10.7. The van der Waals surface area contributed by atoms with E-state index >= 15 is 0 Å². The third-order valence-corrected chi connectivity index (χ3v) is 2.22. The molecule has 1 rings (SSSR count). The minimum absolute atomic E-state index is 0.0163. The summed E-state index contributed by atoms with van der Waals surface area (Å²) in [6.45, 7) is 0.358. The average Bonchev–Trinajstić information content (AvgIpc) is 2.30. The highest BCUT2D eigenvalue weighted by Crippen LogP contribution is 2.26. The van der Waals surface area contributed by atoms with E-state index < -0.39 is 15.6 Å². The molecule has 0 aromatic carbocycles. The van der Waals surface area contributed by atoms with Gasteiger partial charge in [-0.3, -0.25) is 0 Å². The first kappa shape index (κ1) is 18.4. The molecule has 0 bridgehead atoms. The number of hydrogen-bond donors (Lipinski definition) is 1. The van der Waals surface area contributed by atoms with Crippen LogP contribution in [0.15, 0.2) is 16.7 Å². The van der Waals surface area contributed by atoms with Gasteiger partial charge in [-0.25, -0.2) is 12.8 Å². The van der Waals surface area contributed by atoms with Gasteiger partial charge in [0.1, 0.15) is 0 Å². The molecule has 0 aliphatic rings. The smallest absolute Gasteiger partial charge is 0.485 e. The van der Waals surface area contributed by atoms with Crippen LogP contribution in [0.1, 0.15) is 5.76 Å². The van der Waals surface area contributed by atoms with Crippen molar-refractivity contribution in [2.45, 2.75) is 12.1 Å². The molecule has 0 aliphatic carbocycles. The summed E-state index contributed by atoms with van der Waals surface area (Å²) >= 11 is 0. The van der Waals surface area contributed by atoms with Gasteiger partial charge in [-0.05, 0) is 0 Å². The van der Waals surface area contributed by atoms with Crippen molar-refractivity contribution in [2.75, 3.05) is 14.2 Å². The second kappa shape index (κ2) is 7.26. The molecule has 20 heavy (non-hydrogen) atoms. The number of aromatic hydroxyl groups is 1. The van der Waals surface area contributed by atoms with Crippen LogP contribution in [0.25, 0.3) is 0 Å². The lowest BCUT2D eigenvalue weighted by Crippen LogP contribution is -2.21. The predicted octanol–water partition coefficient (Wildman–Crippen LogP) is 1.47. The van der Waals surface area contributed by atoms with Crippen molar-refractivity contribution in [3.05, 3.63) is 18.1 Å². The maximum atomic E-state index is 10.7. The molecular weight excluding hydrogens is 309 g/mol. The van der Waals surface area contributed by atoms with Crippen molar-refractivity contribution >= 4 is 10.1 Å². The molecule has 0 saturated heterocycles. The zero-order valence-electron chi connectivity index (χ0n) is 10.3. The topological polar surface area (TPSA) is 107 Å². The summed E-state index contributed by atoms with van der Waals surface area (Å²) in [6, 6.07) is 1.58. The number of ether oxygens (including phenoxy) is 2. The van der Waals surface area contributed by atoms with Crippen LogP contribution >= 0.6 is 0 Å². The minimum Gasteiger partial charge on any atom is -0.741 e. The fourth-order valence-corrected chi connectivity index (χ4v) is 0.825. The molecule has 1 heterocycles. The monoisotopic (exact) mass is 320 g/mol. The van der Waals surface area contributed by atoms with Gasteiger partial charge in [0.05, 0.1) is 13.2 Å². The fourth-order valence-electron chi connectivity index (χ4n) is 0.825. The van der Waals surface area contributed by atoms with Crippen LogP contribution in [0.2, 0.25) is 0 Å². The van der Waals surface area contributed by atoms with Crippen LogP contribution in [-0.4, -0.2) is 37.8 Å². The molecule has 0 saturated carbocycles. The lowest BCUT2D eigenvalue weighted by Gasteiger charge is -2.08. The standard InChI is InChI=1S/C8H10O4.CHF3O3S/c1-10-4-6-3-8(11-2)7(9)5-12-6;2-1(3,4)8(5,6)7/h3,5H,4H2,1-2H3;(H,5,6,7). The van der Waals surface area contributed by atoms with Crippen molar-refractivity contribution in [3.63, 3.8) is 0 Å². The first-order valence-corrected chi connectivity index (χ1v) is 6.12. The molecule has 1 aromatic rings. The van der Waals surface area contributed by atoms with Gasteiger partial charge in [-0.1, -0.05) is 0 Å². The maximum Gasteiger partial charge on any atom is 0.485 e. The molecule has 1 N–H and O–H groups in total. The molecule has 0 radical (unpaired) electrons. The van der Waals surface area contributed by atoms with Crippen LogP contribution < -0.4 is 4.74 Å². The molecule has 0 amide bonds. The van der Waals surface area contributed by atoms with E-state index in [1.165, 1.54) is 13.4 Å². The second-order valence-corrected chi connectivity index (χ2v) is 4.50. The number of hydrogen-bond acceptors (Lipinski definition) is 6. The largest absolute Gasteiger partial charge is 0.741 e. The lowest BCUT2D eigenvalue weighted by molar-refractivity contribution is -0.0517. The molecule has 0 unspecified atom stereocenters. The van der Waals surface area contributed by atoms with Gasteiger partial charge in [0.25, 0.3) is 5.75 Å². The van der Waals surface area contributed by atoms with Crippen LogP contribution in [-0.2, 0) is 21.5 Å². The quantitative estimate of drug-likeness (QED) is 0.510. The molecule has 0 aliphatic heterocycles. The third-order valence-electron chi connectivity index (χ3n) is 1.66. The Morgan fingerprint density at radius 3 is 2.25 bits per heavy atom. The van der Waals surface area contributed by atoms with E-state index in [1.807, 2.05) is 0 Å². The highest BCUT2D eigenvalue weighted by Gasteiger charge is 2.36. The summed E-state index contributed by atoms with van der Waals surface area (Å²) in [5, 5.41) is 9.14. The van der Waals surface area contributed by atoms with Crippen LogP contribution in [0.3, 0.4) is 0 Å². The van der Waals surface area contributed by atoms with E-state index in [1.54, 1.807) is 13.2 Å². The van der Waals surface area contributed by atoms with E-state index in [9.17, 15) is 13.2 Å². The van der Waals surface area contributed by atoms with Gasteiger partial charge in [0.2, 0.25) is 0 Å². The first-order valence-electron chi connectivity index (χ1n) is 4.71. The Bertz CT molecular complexity index is 527. The molecule has 0 spiro atoms. The highest BCUT2D eigenvalue weighted by molar-refractivity contribution is 7.86. The Kier molecular flexibility index (Phi) is 6.68. The van der Waals surface area contributed by atoms with Gasteiger partial charge >= 0.3 is 17.5 Å². The summed E-state index contributed by atoms with van der Waals surface area (Å²) in [5.41, 5.74) is -5.65. The van der Waals surface area contributed by atoms with Crippen LogP contribution in [0.4, 0.5) is 13.2 Å². The molecular formula is C9H11F3O7S. The highest BCUT2D eigenvalue weighted by atomic mass is 32.2. The molecule has 11 heteroatoms. The van der Waals surface area contributed by atoms with Gasteiger partial charge in [0.15, 0.2) is 22.5 Å². The van der Waals surface area contributed by atoms with Gasteiger partial charge in [-0.15, -0.1) is 0 Å². The van der Waals surface area contributed by atoms with E-state index in [0.717, 1.165) is 0 Å². The second-order valence-electron chi connectivity index (χ2n) is 3.13. The lowest BCUT2D eigenvalue weighted by atomic mass is 10.3. The first-order chi connectivity index (χ1) is 9.02. The fraction of sp³-hybridized carbons (Fsp3) is 0.444. The zero-order valence-corrected chi connectivity index (χ0v) is 11.1. The van der Waals surface area contributed by atoms with Crippen LogP contribution in [0.5, 0.6) is 11.5 Å². The van der Waals surface area contributed by atoms with Crippen molar-refractivity contribution in [1.82, 2.24) is 0 Å². The Morgan fingerprint density at radius 1 is 1.40 bits per heavy atom. The Labute approximate surface area is 112 Å². The summed E-state index contributed by atoms with van der Waals surface area (Å²) in [5.74, 6) is 0.970. The van der Waals surface area contributed by atoms with Crippen molar-refractivity contribution in [1.29, 1.82) is 0 Å². The summed E-state index contributed by atoms with van der Waals surface area (Å²) in [4.78, 5) is 0. The minimum atomic E-state index is -6.09. The third kappa shape index (κ3) is 6.04. The van der Waals surface area contributed by atoms with E-state index in [2.05, 4.69) is 0 Å². The van der Waals surface area contributed by atoms with E-state index in [4.69, 9.17) is 32.0 Å². The van der Waals surface area contributed by atoms with Crippen molar-refractivity contribution < 1.29 is 45.1 Å². The Hall–Kier alpha value is -1.59. The van der Waals surface area contributed by atoms with Crippen molar-refractivity contribution in [3.8, 4) is 11.5 Å². The number of rotatable bonds is 3. The molecule has 0 fully saturated rings. The summed E-state index contributed by atoms with van der Waals surface area (Å²) < 4.78 is 73.6. The molecule has 116 valence electrons. The number of halogens is 3. The average molecular weight is 320 g/mol. The molecule has 1 aromatic heterocycles. The summed E-state index contributed by atoms with van der Waals surface area (Å²) in [7, 11) is -3.05. The summed E-state index contributed by atoms with van der Waals surface area (Å²) in [6.07, 6.45) is 1.22. The molecule has 0 atom stereocenters. The van der Waals surface area contributed by atoms with E-state index in [-0.39, 0.29) is 5.75 Å². The normalized spacial score (nSPS) is 11.5. The Balaban J connectivity index is 0.000000396. The Morgan fingerprint density at radius 2 is 1.90 bits per heavy atom. The molecule has 7 nitrogen and oxygen atoms in total. The number of alkyl halides is 3. The SMILES string of the molecule is COCc1cc(OC)c(O)c[o+]1.O=S(=O)([O-])C(F)(F)F. The van der Waals surface area contributed by atoms with Crippen LogP contribution in [0, 0.1) is 0 Å². The van der Waals surface area contributed by atoms with Crippen molar-refractivity contribution in [2.24, 2.45) is 0 Å². The van der Waals surface area contributed by atoms with Gasteiger partial charge in [0, 0.05) is 7.11 Å². The van der Waals surface area contributed by atoms with E-state index in [0.29, 0.717) is 18.1 Å². The number of methoxy groups -OCH3 is 2. The predicted molar refractivity (Wildman–Crippen MR) is 57.8 cm³/mol. The van der Waals surface area contributed by atoms with Gasteiger partial charge < -0.3 is 19.1 Å². The zero-order chi connectivity index (χ0) is 16.0. The van der Waals surface area contributed by atoms with Gasteiger partial charge in [-0.2, -0.15) is 13.2 Å².